The van der Waals surface area contributed by atoms with E-state index >= 15 is 0 Å². The number of methoxy groups -OCH3 is 3. The summed E-state index contributed by atoms with van der Waals surface area (Å²) in [4.78, 5) is 35.2. The van der Waals surface area contributed by atoms with Gasteiger partial charge < -0.3 is 19.5 Å². The summed E-state index contributed by atoms with van der Waals surface area (Å²) in [5, 5.41) is 17.6. The van der Waals surface area contributed by atoms with Crippen LogP contribution in [0.15, 0.2) is 41.5 Å². The van der Waals surface area contributed by atoms with Gasteiger partial charge in [0.15, 0.2) is 0 Å². The van der Waals surface area contributed by atoms with E-state index in [0.29, 0.717) is 17.2 Å². The minimum Gasteiger partial charge on any atom is -0.497 e. The van der Waals surface area contributed by atoms with Gasteiger partial charge in [0.25, 0.3) is 11.6 Å². The summed E-state index contributed by atoms with van der Waals surface area (Å²) < 4.78 is 15.2. The van der Waals surface area contributed by atoms with Gasteiger partial charge in [0, 0.05) is 11.8 Å². The van der Waals surface area contributed by atoms with Gasteiger partial charge in [-0.3, -0.25) is 19.7 Å². The van der Waals surface area contributed by atoms with E-state index in [9.17, 15) is 19.7 Å². The lowest BCUT2D eigenvalue weighted by molar-refractivity contribution is -0.384. The molecule has 0 unspecified atom stereocenters. The molecule has 164 valence electrons. The molecular weight excluding hydrogens is 408 g/mol. The fraction of sp³-hybridized carbons (Fsp3) is 0.250. The number of hydrazone groups is 1. The predicted molar refractivity (Wildman–Crippen MR) is 113 cm³/mol. The Morgan fingerprint density at radius 1 is 1.03 bits per heavy atom. The highest BCUT2D eigenvalue weighted by Gasteiger charge is 2.18. The first-order valence-corrected chi connectivity index (χ1v) is 8.96. The second kappa shape index (κ2) is 10.6. The molecule has 0 atom stereocenters. The van der Waals surface area contributed by atoms with Crippen molar-refractivity contribution in [2.75, 3.05) is 26.6 Å². The Kier molecular flexibility index (Phi) is 7.89. The largest absolute Gasteiger partial charge is 0.497 e. The van der Waals surface area contributed by atoms with Gasteiger partial charge in [-0.2, -0.15) is 5.10 Å². The van der Waals surface area contributed by atoms with Crippen LogP contribution in [0, 0.1) is 10.1 Å². The van der Waals surface area contributed by atoms with Crippen molar-refractivity contribution in [2.45, 2.75) is 13.3 Å². The van der Waals surface area contributed by atoms with Crippen molar-refractivity contribution in [1.29, 1.82) is 0 Å². The average Bonchev–Trinajstić information content (AvgIpc) is 2.76. The number of nitro benzene ring substituents is 1. The van der Waals surface area contributed by atoms with E-state index in [2.05, 4.69) is 15.8 Å². The molecule has 0 radical (unpaired) electrons. The molecule has 0 saturated heterocycles. The quantitative estimate of drug-likeness (QED) is 0.354. The first-order valence-electron chi connectivity index (χ1n) is 8.96. The maximum absolute atomic E-state index is 12.4. The number of benzene rings is 2. The molecule has 11 heteroatoms. The van der Waals surface area contributed by atoms with E-state index in [1.165, 1.54) is 52.5 Å². The van der Waals surface area contributed by atoms with Crippen LogP contribution in [0.3, 0.4) is 0 Å². The minimum atomic E-state index is -0.623. The maximum atomic E-state index is 12.4. The average molecular weight is 430 g/mol. The zero-order valence-corrected chi connectivity index (χ0v) is 17.4. The maximum Gasteiger partial charge on any atom is 0.296 e. The molecule has 2 N–H and O–H groups in total. The van der Waals surface area contributed by atoms with Crippen molar-refractivity contribution in [3.8, 4) is 17.2 Å². The van der Waals surface area contributed by atoms with Crippen molar-refractivity contribution in [1.82, 2.24) is 5.43 Å². The third-order valence-electron chi connectivity index (χ3n) is 4.09. The molecule has 0 fully saturated rings. The summed E-state index contributed by atoms with van der Waals surface area (Å²) in [6.45, 7) is 1.54. The molecule has 2 aromatic carbocycles. The van der Waals surface area contributed by atoms with Gasteiger partial charge >= 0.3 is 0 Å². The molecule has 0 saturated carbocycles. The molecule has 2 aromatic rings. The Bertz CT molecular complexity index is 1020. The Balaban J connectivity index is 2.04. The van der Waals surface area contributed by atoms with E-state index in [1.807, 2.05) is 0 Å². The van der Waals surface area contributed by atoms with Crippen molar-refractivity contribution in [3.05, 3.63) is 52.1 Å². The number of nitrogens with one attached hydrogen (secondary N) is 2. The van der Waals surface area contributed by atoms with Crippen LogP contribution in [-0.2, 0) is 4.79 Å². The highest BCUT2D eigenvalue weighted by Crippen LogP contribution is 2.29. The fourth-order valence-electron chi connectivity index (χ4n) is 2.55. The van der Waals surface area contributed by atoms with Crippen molar-refractivity contribution in [3.63, 3.8) is 0 Å². The van der Waals surface area contributed by atoms with Crippen LogP contribution in [0.2, 0.25) is 0 Å². The van der Waals surface area contributed by atoms with Crippen molar-refractivity contribution >= 4 is 28.9 Å². The lowest BCUT2D eigenvalue weighted by atomic mass is 10.2. The summed E-state index contributed by atoms with van der Waals surface area (Å²) in [5.74, 6) is 0.0431. The molecule has 0 aliphatic rings. The number of nitro groups is 1. The number of carbonyl (C=O) groups is 2. The second-order valence-corrected chi connectivity index (χ2v) is 6.22. The van der Waals surface area contributed by atoms with Gasteiger partial charge in [0.1, 0.15) is 22.9 Å². The number of hydrogen-bond acceptors (Lipinski definition) is 8. The number of amides is 2. The van der Waals surface area contributed by atoms with Gasteiger partial charge in [-0.1, -0.05) is 0 Å². The van der Waals surface area contributed by atoms with Gasteiger partial charge in [-0.05, 0) is 31.2 Å². The molecule has 0 spiro atoms. The normalized spacial score (nSPS) is 10.8. The zero-order chi connectivity index (χ0) is 23.0. The summed E-state index contributed by atoms with van der Waals surface area (Å²) >= 11 is 0. The first kappa shape index (κ1) is 23.1. The number of hydrogen-bond donors (Lipinski definition) is 2. The molecule has 0 bridgehead atoms. The van der Waals surface area contributed by atoms with Crippen LogP contribution in [0.1, 0.15) is 23.7 Å². The van der Waals surface area contributed by atoms with Crippen LogP contribution in [-0.4, -0.2) is 43.8 Å². The molecule has 2 rings (SSSR count). The molecule has 31 heavy (non-hydrogen) atoms. The predicted octanol–water partition coefficient (Wildman–Crippen LogP) is 2.76. The molecule has 11 nitrogen and oxygen atoms in total. The Labute approximate surface area is 178 Å². The van der Waals surface area contributed by atoms with E-state index in [-0.39, 0.29) is 29.1 Å². The molecule has 0 aromatic heterocycles. The first-order chi connectivity index (χ1) is 14.8. The van der Waals surface area contributed by atoms with Gasteiger partial charge in [-0.15, -0.1) is 0 Å². The third-order valence-corrected chi connectivity index (χ3v) is 4.09. The van der Waals surface area contributed by atoms with Crippen LogP contribution in [0.25, 0.3) is 0 Å². The second-order valence-electron chi connectivity index (χ2n) is 6.22. The topological polar surface area (TPSA) is 141 Å². The number of rotatable bonds is 9. The smallest absolute Gasteiger partial charge is 0.296 e. The third kappa shape index (κ3) is 6.16. The standard InChI is InChI=1S/C20H22N4O7/c1-12(22-23-20(26)15-7-5-14(30-3)11-18(15)31-4)9-19(25)21-16-8-6-13(29-2)10-17(16)24(27)28/h5-8,10-11H,9H2,1-4H3,(H,21,25)(H,23,26). The Morgan fingerprint density at radius 3 is 2.29 bits per heavy atom. The fourth-order valence-corrected chi connectivity index (χ4v) is 2.55. The van der Waals surface area contributed by atoms with Gasteiger partial charge in [-0.25, -0.2) is 5.43 Å². The van der Waals surface area contributed by atoms with E-state index in [1.54, 1.807) is 12.1 Å². The summed E-state index contributed by atoms with van der Waals surface area (Å²) in [6, 6.07) is 8.75. The summed E-state index contributed by atoms with van der Waals surface area (Å²) in [6.07, 6.45) is -0.191. The number of anilines is 1. The number of carbonyl (C=O) groups excluding carboxylic acids is 2. The number of ether oxygens (including phenoxy) is 3. The molecule has 0 aliphatic heterocycles. The van der Waals surface area contributed by atoms with Crippen molar-refractivity contribution < 1.29 is 28.7 Å². The molecular formula is C20H22N4O7. The highest BCUT2D eigenvalue weighted by atomic mass is 16.6. The van der Waals surface area contributed by atoms with E-state index in [4.69, 9.17) is 14.2 Å². The Morgan fingerprint density at radius 2 is 1.68 bits per heavy atom. The number of nitrogens with zero attached hydrogens (tertiary/aromatic N) is 2. The Hall–Kier alpha value is -4.15. The monoisotopic (exact) mass is 430 g/mol. The summed E-state index contributed by atoms with van der Waals surface area (Å²) in [5.41, 5.74) is 2.59. The molecule has 0 heterocycles. The lowest BCUT2D eigenvalue weighted by Gasteiger charge is -2.10. The molecule has 2 amide bonds. The lowest BCUT2D eigenvalue weighted by Crippen LogP contribution is -2.22. The van der Waals surface area contributed by atoms with Crippen LogP contribution in [0.4, 0.5) is 11.4 Å². The minimum absolute atomic E-state index is 0.0237. The van der Waals surface area contributed by atoms with Crippen LogP contribution >= 0.6 is 0 Å². The van der Waals surface area contributed by atoms with Crippen LogP contribution in [0.5, 0.6) is 17.2 Å². The van der Waals surface area contributed by atoms with Gasteiger partial charge in [0.05, 0.1) is 44.3 Å². The zero-order valence-electron chi connectivity index (χ0n) is 17.4. The van der Waals surface area contributed by atoms with Crippen LogP contribution < -0.4 is 25.0 Å². The molecule has 0 aliphatic carbocycles. The summed E-state index contributed by atoms with van der Waals surface area (Å²) in [7, 11) is 4.30. The van der Waals surface area contributed by atoms with Crippen molar-refractivity contribution in [2.24, 2.45) is 5.10 Å². The van der Waals surface area contributed by atoms with E-state index in [0.717, 1.165) is 0 Å². The highest BCUT2D eigenvalue weighted by molar-refractivity contribution is 6.07. The van der Waals surface area contributed by atoms with Gasteiger partial charge in [0.2, 0.25) is 5.91 Å². The van der Waals surface area contributed by atoms with E-state index < -0.39 is 16.7 Å². The SMILES string of the molecule is COc1ccc(C(=O)NN=C(C)CC(=O)Nc2ccc(OC)cc2[N+](=O)[O-])c(OC)c1.